The Hall–Kier alpha value is -3.29. The van der Waals surface area contributed by atoms with Gasteiger partial charge in [-0.2, -0.15) is 8.78 Å². The van der Waals surface area contributed by atoms with E-state index in [1.807, 2.05) is 0 Å². The molecule has 0 saturated carbocycles. The summed E-state index contributed by atoms with van der Waals surface area (Å²) in [5, 5.41) is 2.62. The molecular formula is C19H19F2NO5. The molecule has 2 rings (SSSR count). The number of ether oxygens (including phenoxy) is 4. The maximum Gasteiger partial charge on any atom is 0.387 e. The lowest BCUT2D eigenvalue weighted by molar-refractivity contribution is -0.111. The van der Waals surface area contributed by atoms with Crippen molar-refractivity contribution in [3.8, 4) is 23.0 Å². The van der Waals surface area contributed by atoms with Gasteiger partial charge < -0.3 is 24.3 Å². The van der Waals surface area contributed by atoms with Gasteiger partial charge in [0.05, 0.1) is 21.3 Å². The Kier molecular flexibility index (Phi) is 6.99. The molecule has 0 aromatic heterocycles. The lowest BCUT2D eigenvalue weighted by Crippen LogP contribution is -2.08. The molecule has 2 aromatic rings. The smallest absolute Gasteiger partial charge is 0.387 e. The van der Waals surface area contributed by atoms with Crippen LogP contribution in [0.25, 0.3) is 6.08 Å². The predicted molar refractivity (Wildman–Crippen MR) is 96.8 cm³/mol. The molecule has 1 amide bonds. The molecule has 8 heteroatoms. The summed E-state index contributed by atoms with van der Waals surface area (Å²) < 4.78 is 44.2. The van der Waals surface area contributed by atoms with Gasteiger partial charge in [-0.05, 0) is 48.0 Å². The van der Waals surface area contributed by atoms with E-state index < -0.39 is 12.5 Å². The van der Waals surface area contributed by atoms with Crippen molar-refractivity contribution in [3.63, 3.8) is 0 Å². The van der Waals surface area contributed by atoms with E-state index >= 15 is 0 Å². The second kappa shape index (κ2) is 9.42. The van der Waals surface area contributed by atoms with Crippen LogP contribution in [-0.2, 0) is 4.79 Å². The van der Waals surface area contributed by atoms with E-state index in [0.717, 1.165) is 0 Å². The van der Waals surface area contributed by atoms with Gasteiger partial charge in [-0.25, -0.2) is 0 Å². The van der Waals surface area contributed by atoms with Crippen molar-refractivity contribution in [2.45, 2.75) is 6.61 Å². The summed E-state index contributed by atoms with van der Waals surface area (Å²) >= 11 is 0. The molecule has 0 unspecified atom stereocenters. The minimum Gasteiger partial charge on any atom is -0.493 e. The minimum atomic E-state index is -2.90. The second-order valence-corrected chi connectivity index (χ2v) is 5.18. The van der Waals surface area contributed by atoms with Gasteiger partial charge in [0, 0.05) is 11.8 Å². The van der Waals surface area contributed by atoms with Crippen LogP contribution in [0.5, 0.6) is 23.0 Å². The largest absolute Gasteiger partial charge is 0.493 e. The van der Waals surface area contributed by atoms with Crippen LogP contribution in [-0.4, -0.2) is 33.8 Å². The third-order valence-electron chi connectivity index (χ3n) is 3.46. The normalized spacial score (nSPS) is 10.7. The SMILES string of the molecule is COc1cc(/C=C/C(=O)Nc2ccc(OC(F)F)cc2)cc(OC)c1OC. The van der Waals surface area contributed by atoms with Gasteiger partial charge in [-0.3, -0.25) is 4.79 Å². The second-order valence-electron chi connectivity index (χ2n) is 5.18. The average Bonchev–Trinajstić information content (AvgIpc) is 2.66. The van der Waals surface area contributed by atoms with E-state index in [0.29, 0.717) is 28.5 Å². The molecule has 0 spiro atoms. The maximum absolute atomic E-state index is 12.1. The summed E-state index contributed by atoms with van der Waals surface area (Å²) in [6.07, 6.45) is 2.90. The molecule has 0 atom stereocenters. The number of hydrogen-bond acceptors (Lipinski definition) is 5. The van der Waals surface area contributed by atoms with Gasteiger partial charge in [0.25, 0.3) is 0 Å². The highest BCUT2D eigenvalue weighted by Crippen LogP contribution is 2.38. The van der Waals surface area contributed by atoms with E-state index in [-0.39, 0.29) is 5.75 Å². The Morgan fingerprint density at radius 2 is 1.59 bits per heavy atom. The predicted octanol–water partition coefficient (Wildman–Crippen LogP) is 3.97. The third kappa shape index (κ3) is 5.60. The fourth-order valence-electron chi connectivity index (χ4n) is 2.27. The first kappa shape index (κ1) is 20.0. The van der Waals surface area contributed by atoms with Crippen LogP contribution in [0.15, 0.2) is 42.5 Å². The van der Waals surface area contributed by atoms with Crippen LogP contribution in [0.1, 0.15) is 5.56 Å². The van der Waals surface area contributed by atoms with Crippen molar-refractivity contribution in [1.82, 2.24) is 0 Å². The van der Waals surface area contributed by atoms with Crippen molar-refractivity contribution in [1.29, 1.82) is 0 Å². The molecule has 0 saturated heterocycles. The molecule has 2 aromatic carbocycles. The molecule has 0 bridgehead atoms. The highest BCUT2D eigenvalue weighted by Gasteiger charge is 2.12. The molecule has 0 aliphatic heterocycles. The fourth-order valence-corrected chi connectivity index (χ4v) is 2.27. The molecule has 6 nitrogen and oxygen atoms in total. The van der Waals surface area contributed by atoms with E-state index in [2.05, 4.69) is 10.1 Å². The molecule has 27 heavy (non-hydrogen) atoms. The lowest BCUT2D eigenvalue weighted by Gasteiger charge is -2.12. The topological polar surface area (TPSA) is 66.0 Å². The summed E-state index contributed by atoms with van der Waals surface area (Å²) in [6, 6.07) is 8.99. The molecule has 0 radical (unpaired) electrons. The Morgan fingerprint density at radius 3 is 2.07 bits per heavy atom. The average molecular weight is 379 g/mol. The first-order chi connectivity index (χ1) is 13.0. The van der Waals surface area contributed by atoms with Crippen molar-refractivity contribution < 1.29 is 32.5 Å². The molecule has 0 aliphatic rings. The first-order valence-electron chi connectivity index (χ1n) is 7.80. The molecule has 0 aliphatic carbocycles. The summed E-state index contributed by atoms with van der Waals surface area (Å²) in [5.41, 5.74) is 1.11. The van der Waals surface area contributed by atoms with Crippen molar-refractivity contribution in [3.05, 3.63) is 48.0 Å². The van der Waals surface area contributed by atoms with Gasteiger partial charge in [0.15, 0.2) is 11.5 Å². The highest BCUT2D eigenvalue weighted by atomic mass is 19.3. The zero-order chi connectivity index (χ0) is 19.8. The Morgan fingerprint density at radius 1 is 1.00 bits per heavy atom. The summed E-state index contributed by atoms with van der Waals surface area (Å²) in [5.74, 6) is 0.994. The number of carbonyl (C=O) groups excluding carboxylic acids is 1. The van der Waals surface area contributed by atoms with E-state index in [9.17, 15) is 13.6 Å². The van der Waals surface area contributed by atoms with Crippen molar-refractivity contribution in [2.24, 2.45) is 0 Å². The van der Waals surface area contributed by atoms with Crippen LogP contribution >= 0.6 is 0 Å². The molecule has 0 fully saturated rings. The Bertz CT molecular complexity index is 781. The van der Waals surface area contributed by atoms with Crippen LogP contribution in [0.2, 0.25) is 0 Å². The number of carbonyl (C=O) groups is 1. The lowest BCUT2D eigenvalue weighted by atomic mass is 10.1. The van der Waals surface area contributed by atoms with Gasteiger partial charge in [-0.1, -0.05) is 0 Å². The van der Waals surface area contributed by atoms with Crippen LogP contribution < -0.4 is 24.3 Å². The molecule has 1 N–H and O–H groups in total. The number of halogens is 2. The molecular weight excluding hydrogens is 360 g/mol. The Labute approximate surface area is 155 Å². The molecule has 0 heterocycles. The standard InChI is InChI=1S/C19H19F2NO5/c1-24-15-10-12(11-16(25-2)18(15)26-3)4-9-17(23)22-13-5-7-14(8-6-13)27-19(20)21/h4-11,19H,1-3H3,(H,22,23)/b9-4+. The Balaban J connectivity index is 2.08. The molecule has 144 valence electrons. The number of benzene rings is 2. The summed E-state index contributed by atoms with van der Waals surface area (Å²) in [6.45, 7) is -2.90. The van der Waals surface area contributed by atoms with Crippen LogP contribution in [0.4, 0.5) is 14.5 Å². The van der Waals surface area contributed by atoms with Gasteiger partial charge in [0.2, 0.25) is 11.7 Å². The first-order valence-corrected chi connectivity index (χ1v) is 7.80. The fraction of sp³-hybridized carbons (Fsp3) is 0.211. The number of nitrogens with one attached hydrogen (secondary N) is 1. The van der Waals surface area contributed by atoms with Crippen molar-refractivity contribution >= 4 is 17.7 Å². The quantitative estimate of drug-likeness (QED) is 0.703. The maximum atomic E-state index is 12.1. The summed E-state index contributed by atoms with van der Waals surface area (Å²) in [7, 11) is 4.50. The summed E-state index contributed by atoms with van der Waals surface area (Å²) in [4.78, 5) is 12.0. The van der Waals surface area contributed by atoms with Crippen LogP contribution in [0, 0.1) is 0 Å². The minimum absolute atomic E-state index is 0.0102. The van der Waals surface area contributed by atoms with Gasteiger partial charge in [-0.15, -0.1) is 0 Å². The van der Waals surface area contributed by atoms with Gasteiger partial charge >= 0.3 is 6.61 Å². The number of rotatable bonds is 8. The number of alkyl halides is 2. The van der Waals surface area contributed by atoms with E-state index in [4.69, 9.17) is 14.2 Å². The third-order valence-corrected chi connectivity index (χ3v) is 3.46. The van der Waals surface area contributed by atoms with E-state index in [1.165, 1.54) is 51.7 Å². The van der Waals surface area contributed by atoms with Gasteiger partial charge in [0.1, 0.15) is 5.75 Å². The highest BCUT2D eigenvalue weighted by molar-refractivity contribution is 6.02. The monoisotopic (exact) mass is 379 g/mol. The number of hydrogen-bond donors (Lipinski definition) is 1. The zero-order valence-electron chi connectivity index (χ0n) is 15.0. The number of amides is 1. The number of methoxy groups -OCH3 is 3. The van der Waals surface area contributed by atoms with Crippen molar-refractivity contribution in [2.75, 3.05) is 26.6 Å². The van der Waals surface area contributed by atoms with E-state index in [1.54, 1.807) is 18.2 Å². The zero-order valence-corrected chi connectivity index (χ0v) is 15.0. The van der Waals surface area contributed by atoms with Crippen LogP contribution in [0.3, 0.4) is 0 Å². The number of anilines is 1.